The van der Waals surface area contributed by atoms with Gasteiger partial charge in [-0.2, -0.15) is 0 Å². The monoisotopic (exact) mass is 248 g/mol. The van der Waals surface area contributed by atoms with Gasteiger partial charge >= 0.3 is 0 Å². The molecule has 0 amide bonds. The molecule has 18 heavy (non-hydrogen) atoms. The van der Waals surface area contributed by atoms with Gasteiger partial charge in [-0.1, -0.05) is 31.2 Å². The number of hydrogen-bond acceptors (Lipinski definition) is 3. The highest BCUT2D eigenvalue weighted by atomic mass is 16.5. The SMILES string of the molecule is CCNCC(C)NCC1OCCc2ccccc21. The Kier molecular flexibility index (Phi) is 5.17. The molecule has 1 aliphatic rings. The number of benzene rings is 1. The highest BCUT2D eigenvalue weighted by molar-refractivity contribution is 5.31. The molecule has 3 nitrogen and oxygen atoms in total. The Morgan fingerprint density at radius 1 is 1.39 bits per heavy atom. The van der Waals surface area contributed by atoms with Crippen molar-refractivity contribution < 1.29 is 4.74 Å². The molecule has 0 aliphatic carbocycles. The Hall–Kier alpha value is -0.900. The molecule has 3 heteroatoms. The normalized spacial score (nSPS) is 20.4. The first kappa shape index (κ1) is 13.5. The minimum atomic E-state index is 0.207. The lowest BCUT2D eigenvalue weighted by molar-refractivity contribution is 0.0410. The van der Waals surface area contributed by atoms with Gasteiger partial charge in [0.25, 0.3) is 0 Å². The van der Waals surface area contributed by atoms with Crippen LogP contribution < -0.4 is 10.6 Å². The molecule has 1 aromatic carbocycles. The van der Waals surface area contributed by atoms with E-state index < -0.39 is 0 Å². The Balaban J connectivity index is 1.87. The van der Waals surface area contributed by atoms with E-state index >= 15 is 0 Å². The minimum absolute atomic E-state index is 0.207. The second-order valence-electron chi connectivity index (χ2n) is 4.93. The third-order valence-corrected chi connectivity index (χ3v) is 3.44. The molecular formula is C15H24N2O. The van der Waals surface area contributed by atoms with Crippen molar-refractivity contribution in [3.63, 3.8) is 0 Å². The van der Waals surface area contributed by atoms with Gasteiger partial charge in [0.15, 0.2) is 0 Å². The third-order valence-electron chi connectivity index (χ3n) is 3.44. The number of hydrogen-bond donors (Lipinski definition) is 2. The van der Waals surface area contributed by atoms with Crippen molar-refractivity contribution in [1.82, 2.24) is 10.6 Å². The Morgan fingerprint density at radius 2 is 2.22 bits per heavy atom. The van der Waals surface area contributed by atoms with Gasteiger partial charge in [-0.05, 0) is 31.0 Å². The van der Waals surface area contributed by atoms with Crippen LogP contribution in [-0.2, 0) is 11.2 Å². The van der Waals surface area contributed by atoms with E-state index in [1.165, 1.54) is 11.1 Å². The molecule has 1 aliphatic heterocycles. The van der Waals surface area contributed by atoms with Gasteiger partial charge in [0.2, 0.25) is 0 Å². The molecule has 0 aromatic heterocycles. The van der Waals surface area contributed by atoms with Gasteiger partial charge in [0, 0.05) is 19.1 Å². The summed E-state index contributed by atoms with van der Waals surface area (Å²) in [6, 6.07) is 9.09. The van der Waals surface area contributed by atoms with E-state index in [0.717, 1.165) is 32.7 Å². The zero-order chi connectivity index (χ0) is 12.8. The van der Waals surface area contributed by atoms with Gasteiger partial charge in [-0.3, -0.25) is 0 Å². The predicted octanol–water partition coefficient (Wildman–Crippen LogP) is 1.89. The Morgan fingerprint density at radius 3 is 3.06 bits per heavy atom. The molecular weight excluding hydrogens is 224 g/mol. The maximum Gasteiger partial charge on any atom is 0.0952 e. The van der Waals surface area contributed by atoms with E-state index in [4.69, 9.17) is 4.74 Å². The largest absolute Gasteiger partial charge is 0.372 e. The van der Waals surface area contributed by atoms with Crippen molar-refractivity contribution in [3.05, 3.63) is 35.4 Å². The molecule has 1 aromatic rings. The summed E-state index contributed by atoms with van der Waals surface area (Å²) in [5, 5.41) is 6.89. The third kappa shape index (κ3) is 3.55. The lowest BCUT2D eigenvalue weighted by Crippen LogP contribution is -2.39. The number of ether oxygens (including phenoxy) is 1. The fraction of sp³-hybridized carbons (Fsp3) is 0.600. The molecule has 100 valence electrons. The standard InChI is InChI=1S/C15H24N2O/c1-3-16-10-12(2)17-11-15-14-7-5-4-6-13(14)8-9-18-15/h4-7,12,15-17H,3,8-11H2,1-2H3. The highest BCUT2D eigenvalue weighted by Crippen LogP contribution is 2.26. The van der Waals surface area contributed by atoms with Gasteiger partial charge in [0.05, 0.1) is 12.7 Å². The average molecular weight is 248 g/mol. The van der Waals surface area contributed by atoms with Crippen LogP contribution in [0.25, 0.3) is 0 Å². The summed E-state index contributed by atoms with van der Waals surface area (Å²) < 4.78 is 5.88. The van der Waals surface area contributed by atoms with Crippen LogP contribution in [0, 0.1) is 0 Å². The molecule has 2 unspecified atom stereocenters. The lowest BCUT2D eigenvalue weighted by atomic mass is 9.97. The fourth-order valence-electron chi connectivity index (χ4n) is 2.39. The molecule has 0 spiro atoms. The van der Waals surface area contributed by atoms with Crippen LogP contribution in [0.5, 0.6) is 0 Å². The van der Waals surface area contributed by atoms with Gasteiger partial charge in [0.1, 0.15) is 0 Å². The second-order valence-corrected chi connectivity index (χ2v) is 4.93. The van der Waals surface area contributed by atoms with Crippen LogP contribution in [-0.4, -0.2) is 32.3 Å². The first-order valence-corrected chi connectivity index (χ1v) is 6.94. The number of rotatable bonds is 6. The van der Waals surface area contributed by atoms with E-state index in [1.54, 1.807) is 0 Å². The quantitative estimate of drug-likeness (QED) is 0.806. The summed E-state index contributed by atoms with van der Waals surface area (Å²) in [5.41, 5.74) is 2.79. The van der Waals surface area contributed by atoms with E-state index in [-0.39, 0.29) is 6.10 Å². The molecule has 2 atom stereocenters. The molecule has 0 radical (unpaired) electrons. The van der Waals surface area contributed by atoms with Gasteiger partial charge in [-0.25, -0.2) is 0 Å². The number of likely N-dealkylation sites (N-methyl/N-ethyl adjacent to an activating group) is 1. The minimum Gasteiger partial charge on any atom is -0.372 e. The first-order valence-electron chi connectivity index (χ1n) is 6.94. The average Bonchev–Trinajstić information content (AvgIpc) is 2.42. The van der Waals surface area contributed by atoms with E-state index in [1.807, 2.05) is 0 Å². The highest BCUT2D eigenvalue weighted by Gasteiger charge is 2.20. The summed E-state index contributed by atoms with van der Waals surface area (Å²) in [5.74, 6) is 0. The first-order chi connectivity index (χ1) is 8.81. The topological polar surface area (TPSA) is 33.3 Å². The van der Waals surface area contributed by atoms with Gasteiger partial charge < -0.3 is 15.4 Å². The van der Waals surface area contributed by atoms with Crippen LogP contribution >= 0.6 is 0 Å². The smallest absolute Gasteiger partial charge is 0.0952 e. The summed E-state index contributed by atoms with van der Waals surface area (Å²) in [6.45, 7) is 8.10. The number of fused-ring (bicyclic) bond motifs is 1. The Labute approximate surface area is 110 Å². The molecule has 0 saturated heterocycles. The lowest BCUT2D eigenvalue weighted by Gasteiger charge is -2.27. The fourth-order valence-corrected chi connectivity index (χ4v) is 2.39. The van der Waals surface area contributed by atoms with Crippen molar-refractivity contribution in [3.8, 4) is 0 Å². The molecule has 0 bridgehead atoms. The van der Waals surface area contributed by atoms with Crippen LogP contribution in [0.2, 0.25) is 0 Å². The maximum absolute atomic E-state index is 5.88. The molecule has 0 saturated carbocycles. The van der Waals surface area contributed by atoms with E-state index in [9.17, 15) is 0 Å². The summed E-state index contributed by atoms with van der Waals surface area (Å²) in [6.07, 6.45) is 1.25. The van der Waals surface area contributed by atoms with Crippen LogP contribution in [0.1, 0.15) is 31.1 Å². The van der Waals surface area contributed by atoms with Crippen LogP contribution in [0.3, 0.4) is 0 Å². The van der Waals surface area contributed by atoms with E-state index in [0.29, 0.717) is 6.04 Å². The number of nitrogens with one attached hydrogen (secondary N) is 2. The summed E-state index contributed by atoms with van der Waals surface area (Å²) in [4.78, 5) is 0. The van der Waals surface area contributed by atoms with Crippen LogP contribution in [0.4, 0.5) is 0 Å². The maximum atomic E-state index is 5.88. The van der Waals surface area contributed by atoms with Crippen molar-refractivity contribution in [2.24, 2.45) is 0 Å². The molecule has 0 fully saturated rings. The summed E-state index contributed by atoms with van der Waals surface area (Å²) >= 11 is 0. The van der Waals surface area contributed by atoms with Crippen molar-refractivity contribution in [2.75, 3.05) is 26.2 Å². The van der Waals surface area contributed by atoms with Crippen molar-refractivity contribution >= 4 is 0 Å². The predicted molar refractivity (Wildman–Crippen MR) is 74.8 cm³/mol. The molecule has 1 heterocycles. The van der Waals surface area contributed by atoms with Crippen LogP contribution in [0.15, 0.2) is 24.3 Å². The zero-order valence-electron chi connectivity index (χ0n) is 11.4. The second kappa shape index (κ2) is 6.88. The summed E-state index contributed by atoms with van der Waals surface area (Å²) in [7, 11) is 0. The van der Waals surface area contributed by atoms with E-state index in [2.05, 4.69) is 48.7 Å². The molecule has 2 rings (SSSR count). The van der Waals surface area contributed by atoms with Gasteiger partial charge in [-0.15, -0.1) is 0 Å². The molecule has 2 N–H and O–H groups in total. The van der Waals surface area contributed by atoms with Crippen molar-refractivity contribution in [1.29, 1.82) is 0 Å². The Bertz CT molecular complexity index is 367. The zero-order valence-corrected chi connectivity index (χ0v) is 11.4. The van der Waals surface area contributed by atoms with Crippen molar-refractivity contribution in [2.45, 2.75) is 32.4 Å².